The number of nitrogens with zero attached hydrogens (tertiary/aromatic N) is 1. The van der Waals surface area contributed by atoms with E-state index in [9.17, 15) is 4.79 Å². The van der Waals surface area contributed by atoms with Gasteiger partial charge in [0.25, 0.3) is 0 Å². The molecule has 0 unspecified atom stereocenters. The van der Waals surface area contributed by atoms with E-state index >= 15 is 0 Å². The van der Waals surface area contributed by atoms with Crippen LogP contribution in [0, 0.1) is 18.3 Å². The lowest BCUT2D eigenvalue weighted by atomic mass is 10.0. The molecule has 0 saturated heterocycles. The van der Waals surface area contributed by atoms with Gasteiger partial charge in [0.1, 0.15) is 6.07 Å². The zero-order valence-electron chi connectivity index (χ0n) is 6.90. The highest BCUT2D eigenvalue weighted by atomic mass is 32.1. The van der Waals surface area contributed by atoms with E-state index in [1.165, 1.54) is 0 Å². The van der Waals surface area contributed by atoms with Crippen LogP contribution in [0.1, 0.15) is 21.5 Å². The summed E-state index contributed by atoms with van der Waals surface area (Å²) in [5, 5.41) is 17.5. The molecule has 0 aliphatic rings. The number of aromatic carboxylic acids is 1. The molecule has 0 atom stereocenters. The SMILES string of the molecule is Cc1ccc(S)c(C#N)c1C(=O)O. The van der Waals surface area contributed by atoms with Gasteiger partial charge in [0.2, 0.25) is 0 Å². The molecule has 1 N–H and O–H groups in total. The van der Waals surface area contributed by atoms with Crippen LogP contribution in [-0.2, 0) is 0 Å². The molecule has 1 aromatic carbocycles. The summed E-state index contributed by atoms with van der Waals surface area (Å²) in [4.78, 5) is 11.2. The third kappa shape index (κ3) is 1.65. The van der Waals surface area contributed by atoms with Crippen LogP contribution >= 0.6 is 12.6 Å². The van der Waals surface area contributed by atoms with E-state index in [1.54, 1.807) is 19.1 Å². The van der Waals surface area contributed by atoms with E-state index in [0.29, 0.717) is 10.5 Å². The highest BCUT2D eigenvalue weighted by Crippen LogP contribution is 2.20. The van der Waals surface area contributed by atoms with E-state index in [-0.39, 0.29) is 11.1 Å². The molecule has 0 amide bonds. The molecule has 0 aliphatic carbocycles. The third-order valence-electron chi connectivity index (χ3n) is 1.72. The Hall–Kier alpha value is -1.47. The van der Waals surface area contributed by atoms with Gasteiger partial charge in [-0.3, -0.25) is 0 Å². The second-order valence-corrected chi connectivity index (χ2v) is 3.05. The number of thiol groups is 1. The second kappa shape index (κ2) is 3.50. The summed E-state index contributed by atoms with van der Waals surface area (Å²) in [6.07, 6.45) is 0. The Morgan fingerprint density at radius 1 is 1.62 bits per heavy atom. The molecular formula is C9H7NO2S. The maximum absolute atomic E-state index is 10.8. The molecule has 66 valence electrons. The van der Waals surface area contributed by atoms with Gasteiger partial charge < -0.3 is 5.11 Å². The Labute approximate surface area is 81.0 Å². The molecule has 0 fully saturated rings. The minimum atomic E-state index is -1.09. The third-order valence-corrected chi connectivity index (χ3v) is 2.09. The number of rotatable bonds is 1. The summed E-state index contributed by atoms with van der Waals surface area (Å²) < 4.78 is 0. The van der Waals surface area contributed by atoms with Crippen LogP contribution in [0.5, 0.6) is 0 Å². The number of carboxylic acid groups (broad SMARTS) is 1. The van der Waals surface area contributed by atoms with Crippen LogP contribution in [0.15, 0.2) is 17.0 Å². The first-order chi connectivity index (χ1) is 6.07. The van der Waals surface area contributed by atoms with Gasteiger partial charge >= 0.3 is 5.97 Å². The topological polar surface area (TPSA) is 61.1 Å². The van der Waals surface area contributed by atoms with Crippen molar-refractivity contribution in [2.45, 2.75) is 11.8 Å². The van der Waals surface area contributed by atoms with Gasteiger partial charge in [-0.15, -0.1) is 12.6 Å². The van der Waals surface area contributed by atoms with Crippen LogP contribution in [-0.4, -0.2) is 11.1 Å². The largest absolute Gasteiger partial charge is 0.478 e. The number of aryl methyl sites for hydroxylation is 1. The van der Waals surface area contributed by atoms with Gasteiger partial charge in [0.05, 0.1) is 11.1 Å². The molecule has 3 nitrogen and oxygen atoms in total. The summed E-state index contributed by atoms with van der Waals surface area (Å²) in [6, 6.07) is 5.07. The van der Waals surface area contributed by atoms with Crippen LogP contribution in [0.25, 0.3) is 0 Å². The van der Waals surface area contributed by atoms with Gasteiger partial charge in [0, 0.05) is 4.90 Å². The monoisotopic (exact) mass is 193 g/mol. The minimum Gasteiger partial charge on any atom is -0.478 e. The summed E-state index contributed by atoms with van der Waals surface area (Å²) in [5.74, 6) is -1.09. The number of hydrogen-bond donors (Lipinski definition) is 2. The van der Waals surface area contributed by atoms with Gasteiger partial charge in [-0.2, -0.15) is 5.26 Å². The van der Waals surface area contributed by atoms with Crippen molar-refractivity contribution in [1.29, 1.82) is 5.26 Å². The maximum Gasteiger partial charge on any atom is 0.337 e. The lowest BCUT2D eigenvalue weighted by Crippen LogP contribution is -2.03. The lowest BCUT2D eigenvalue weighted by Gasteiger charge is -2.04. The zero-order valence-corrected chi connectivity index (χ0v) is 7.80. The second-order valence-electron chi connectivity index (χ2n) is 2.57. The molecule has 0 bridgehead atoms. The van der Waals surface area contributed by atoms with Crippen molar-refractivity contribution < 1.29 is 9.90 Å². The van der Waals surface area contributed by atoms with Crippen molar-refractivity contribution >= 4 is 18.6 Å². The highest BCUT2D eigenvalue weighted by molar-refractivity contribution is 7.80. The predicted molar refractivity (Wildman–Crippen MR) is 50.1 cm³/mol. The Kier molecular flexibility index (Phi) is 2.59. The minimum absolute atomic E-state index is 0.0370. The van der Waals surface area contributed by atoms with Crippen molar-refractivity contribution in [1.82, 2.24) is 0 Å². The maximum atomic E-state index is 10.8. The quantitative estimate of drug-likeness (QED) is 0.669. The summed E-state index contributed by atoms with van der Waals surface area (Å²) >= 11 is 4.00. The first-order valence-electron chi connectivity index (χ1n) is 3.54. The smallest absolute Gasteiger partial charge is 0.337 e. The highest BCUT2D eigenvalue weighted by Gasteiger charge is 2.14. The molecule has 13 heavy (non-hydrogen) atoms. The fraction of sp³-hybridized carbons (Fsp3) is 0.111. The Morgan fingerprint density at radius 3 is 2.62 bits per heavy atom. The first kappa shape index (κ1) is 9.62. The summed E-state index contributed by atoms with van der Waals surface area (Å²) in [6.45, 7) is 1.65. The number of nitriles is 1. The Bertz CT molecular complexity index is 407. The number of carbonyl (C=O) groups is 1. The van der Waals surface area contributed by atoms with Crippen molar-refractivity contribution in [3.05, 3.63) is 28.8 Å². The fourth-order valence-corrected chi connectivity index (χ4v) is 1.32. The molecule has 0 aliphatic heterocycles. The fourth-order valence-electron chi connectivity index (χ4n) is 1.08. The molecular weight excluding hydrogens is 186 g/mol. The van der Waals surface area contributed by atoms with E-state index in [2.05, 4.69) is 12.6 Å². The number of carboxylic acids is 1. The van der Waals surface area contributed by atoms with Gasteiger partial charge in [-0.05, 0) is 18.6 Å². The van der Waals surface area contributed by atoms with Gasteiger partial charge in [0.15, 0.2) is 0 Å². The molecule has 0 saturated carbocycles. The van der Waals surface area contributed by atoms with E-state index in [4.69, 9.17) is 10.4 Å². The summed E-state index contributed by atoms with van der Waals surface area (Å²) in [5.41, 5.74) is 0.729. The summed E-state index contributed by atoms with van der Waals surface area (Å²) in [7, 11) is 0. The van der Waals surface area contributed by atoms with Gasteiger partial charge in [-0.25, -0.2) is 4.79 Å². The Balaban J connectivity index is 3.55. The van der Waals surface area contributed by atoms with E-state index in [0.717, 1.165) is 0 Å². The molecule has 0 spiro atoms. The molecule has 1 aromatic rings. The normalized spacial score (nSPS) is 9.31. The van der Waals surface area contributed by atoms with E-state index < -0.39 is 5.97 Å². The van der Waals surface area contributed by atoms with Crippen LogP contribution in [0.3, 0.4) is 0 Å². The molecule has 0 heterocycles. The molecule has 1 rings (SSSR count). The van der Waals surface area contributed by atoms with Crippen molar-refractivity contribution in [3.8, 4) is 6.07 Å². The predicted octanol–water partition coefficient (Wildman–Crippen LogP) is 1.85. The first-order valence-corrected chi connectivity index (χ1v) is 3.98. The Morgan fingerprint density at radius 2 is 2.23 bits per heavy atom. The molecule has 0 aromatic heterocycles. The number of hydrogen-bond acceptors (Lipinski definition) is 3. The average Bonchev–Trinajstić information content (AvgIpc) is 2.07. The lowest BCUT2D eigenvalue weighted by molar-refractivity contribution is 0.0695. The van der Waals surface area contributed by atoms with Gasteiger partial charge in [-0.1, -0.05) is 6.07 Å². The van der Waals surface area contributed by atoms with Crippen molar-refractivity contribution in [2.75, 3.05) is 0 Å². The van der Waals surface area contributed by atoms with E-state index in [1.807, 2.05) is 6.07 Å². The van der Waals surface area contributed by atoms with Crippen molar-refractivity contribution in [2.24, 2.45) is 0 Å². The zero-order chi connectivity index (χ0) is 10.0. The van der Waals surface area contributed by atoms with Crippen LogP contribution in [0.4, 0.5) is 0 Å². The standard InChI is InChI=1S/C9H7NO2S/c1-5-2-3-7(13)6(4-10)8(5)9(11)12/h2-3,13H,1H3,(H,11,12). The molecule has 4 heteroatoms. The van der Waals surface area contributed by atoms with Crippen LogP contribution < -0.4 is 0 Å². The average molecular weight is 193 g/mol. The van der Waals surface area contributed by atoms with Crippen molar-refractivity contribution in [3.63, 3.8) is 0 Å². The number of benzene rings is 1. The van der Waals surface area contributed by atoms with Crippen LogP contribution in [0.2, 0.25) is 0 Å². The molecule has 0 radical (unpaired) electrons.